The summed E-state index contributed by atoms with van der Waals surface area (Å²) in [6, 6.07) is 0. The van der Waals surface area contributed by atoms with Crippen molar-refractivity contribution >= 4 is 14.5 Å². The van der Waals surface area contributed by atoms with E-state index >= 15 is 0 Å². The van der Waals surface area contributed by atoms with Crippen LogP contribution in [-0.4, -0.2) is 45.6 Å². The Morgan fingerprint density at radius 3 is 2.17 bits per heavy atom. The van der Waals surface area contributed by atoms with Crippen LogP contribution in [0.2, 0.25) is 10.1 Å². The van der Waals surface area contributed by atoms with Crippen molar-refractivity contribution in [3.63, 3.8) is 0 Å². The number of rotatable bonds is 0. The summed E-state index contributed by atoms with van der Waals surface area (Å²) >= 11 is 0. The summed E-state index contributed by atoms with van der Waals surface area (Å²) < 4.78 is 24.8. The molecule has 0 radical (unpaired) electrons. The van der Waals surface area contributed by atoms with Gasteiger partial charge in [0, 0.05) is 16.5 Å². The summed E-state index contributed by atoms with van der Waals surface area (Å²) in [6.45, 7) is 15.6. The highest BCUT2D eigenvalue weighted by Crippen LogP contribution is 2.55. The van der Waals surface area contributed by atoms with Crippen LogP contribution >= 0.6 is 0 Å². The molecule has 6 heteroatoms. The second-order valence-corrected chi connectivity index (χ2v) is 14.0. The minimum Gasteiger partial charge on any atom is -0.459 e. The summed E-state index contributed by atoms with van der Waals surface area (Å²) in [5.41, 5.74) is 0. The number of carbonyl (C=O) groups is 1. The van der Waals surface area contributed by atoms with Gasteiger partial charge in [0.25, 0.3) is 0 Å². The summed E-state index contributed by atoms with van der Waals surface area (Å²) in [5, 5.41) is -0.0978. The molecule has 5 nitrogen and oxygen atoms in total. The molecule has 132 valence electrons. The van der Waals surface area contributed by atoms with E-state index in [9.17, 15) is 4.79 Å². The predicted molar refractivity (Wildman–Crippen MR) is 88.3 cm³/mol. The molecule has 5 atom stereocenters. The molecule has 0 aromatic rings. The second-order valence-electron chi connectivity index (χ2n) is 9.22. The van der Waals surface area contributed by atoms with Crippen LogP contribution in [0.25, 0.3) is 0 Å². The molecule has 3 aliphatic heterocycles. The SMILES string of the molecule is C[C@H]1C(=O)O[C@H]2C[C@H]3O[Si](C(C)(C)C)(C(C)(C)C)OC[C@H]3O[C@H]21. The van der Waals surface area contributed by atoms with Gasteiger partial charge in [-0.15, -0.1) is 0 Å². The molecule has 0 saturated carbocycles. The van der Waals surface area contributed by atoms with Crippen LogP contribution in [0.15, 0.2) is 0 Å². The zero-order chi connectivity index (χ0) is 17.2. The lowest BCUT2D eigenvalue weighted by molar-refractivity contribution is -0.190. The van der Waals surface area contributed by atoms with E-state index in [0.29, 0.717) is 6.61 Å². The van der Waals surface area contributed by atoms with Crippen molar-refractivity contribution < 1.29 is 23.1 Å². The van der Waals surface area contributed by atoms with Crippen molar-refractivity contribution in [3.8, 4) is 0 Å². The molecule has 0 spiro atoms. The number of carbonyl (C=O) groups excluding carboxylic acids is 1. The Morgan fingerprint density at radius 1 is 1.00 bits per heavy atom. The lowest BCUT2D eigenvalue weighted by atomic mass is 9.94. The third kappa shape index (κ3) is 2.58. The van der Waals surface area contributed by atoms with Crippen molar-refractivity contribution in [2.24, 2.45) is 5.92 Å². The maximum absolute atomic E-state index is 11.8. The molecule has 3 fully saturated rings. The van der Waals surface area contributed by atoms with Crippen molar-refractivity contribution in [1.82, 2.24) is 0 Å². The molecule has 0 bridgehead atoms. The first kappa shape index (κ1) is 17.4. The fourth-order valence-electron chi connectivity index (χ4n) is 4.47. The smallest absolute Gasteiger partial charge is 0.349 e. The van der Waals surface area contributed by atoms with Gasteiger partial charge in [0.2, 0.25) is 0 Å². The zero-order valence-electron chi connectivity index (χ0n) is 15.3. The average molecular weight is 343 g/mol. The molecule has 0 amide bonds. The van der Waals surface area contributed by atoms with Gasteiger partial charge in [-0.05, 0) is 6.92 Å². The van der Waals surface area contributed by atoms with E-state index in [1.54, 1.807) is 0 Å². The van der Waals surface area contributed by atoms with Crippen molar-refractivity contribution in [2.75, 3.05) is 6.61 Å². The van der Waals surface area contributed by atoms with E-state index in [-0.39, 0.29) is 46.4 Å². The number of hydrogen-bond donors (Lipinski definition) is 0. The van der Waals surface area contributed by atoms with Gasteiger partial charge in [0.05, 0.1) is 18.6 Å². The first-order chi connectivity index (χ1) is 10.5. The quantitative estimate of drug-likeness (QED) is 0.500. The van der Waals surface area contributed by atoms with Crippen LogP contribution in [0.3, 0.4) is 0 Å². The van der Waals surface area contributed by atoms with Crippen LogP contribution < -0.4 is 0 Å². The fraction of sp³-hybridized carbons (Fsp3) is 0.941. The fourth-order valence-corrected chi connectivity index (χ4v) is 9.43. The molecule has 0 aliphatic carbocycles. The van der Waals surface area contributed by atoms with E-state index in [1.807, 2.05) is 6.92 Å². The minimum atomic E-state index is -2.49. The maximum atomic E-state index is 11.8. The second kappa shape index (κ2) is 5.28. The van der Waals surface area contributed by atoms with Crippen molar-refractivity contribution in [1.29, 1.82) is 0 Å². The third-order valence-electron chi connectivity index (χ3n) is 5.45. The first-order valence-electron chi connectivity index (χ1n) is 8.64. The molecule has 0 N–H and O–H groups in total. The molecule has 3 heterocycles. The lowest BCUT2D eigenvalue weighted by Gasteiger charge is -2.56. The molecular weight excluding hydrogens is 312 g/mol. The highest BCUT2D eigenvalue weighted by atomic mass is 28.4. The van der Waals surface area contributed by atoms with Gasteiger partial charge in [-0.2, -0.15) is 0 Å². The number of fused-ring (bicyclic) bond motifs is 2. The molecule has 0 aromatic carbocycles. The van der Waals surface area contributed by atoms with Crippen molar-refractivity contribution in [3.05, 3.63) is 0 Å². The molecular formula is C17H30O5Si. The summed E-state index contributed by atoms with van der Waals surface area (Å²) in [5.74, 6) is -0.357. The summed E-state index contributed by atoms with van der Waals surface area (Å²) in [4.78, 5) is 11.8. The Morgan fingerprint density at radius 2 is 1.61 bits per heavy atom. The molecule has 3 aliphatic rings. The van der Waals surface area contributed by atoms with E-state index < -0.39 is 8.56 Å². The maximum Gasteiger partial charge on any atom is 0.349 e. The summed E-state index contributed by atoms with van der Waals surface area (Å²) in [6.07, 6.45) is 0.236. The largest absolute Gasteiger partial charge is 0.459 e. The molecule has 23 heavy (non-hydrogen) atoms. The van der Waals surface area contributed by atoms with Gasteiger partial charge in [-0.3, -0.25) is 4.79 Å². The van der Waals surface area contributed by atoms with Crippen LogP contribution in [0, 0.1) is 5.92 Å². The molecule has 3 saturated heterocycles. The molecule has 0 aromatic heterocycles. The Kier molecular flexibility index (Phi) is 3.99. The summed E-state index contributed by atoms with van der Waals surface area (Å²) in [7, 11) is -2.49. The van der Waals surface area contributed by atoms with Gasteiger partial charge in [-0.1, -0.05) is 41.5 Å². The van der Waals surface area contributed by atoms with Crippen LogP contribution in [0.5, 0.6) is 0 Å². The number of esters is 1. The standard InChI is InChI=1S/C17H30O5Si/c1-10-14-12(21-15(10)18)8-11-13(20-14)9-19-23(22-11,16(2,3)4)17(5,6)7/h10-14H,8-9H2,1-7H3/t10-,11-,12+,13-,14+/m1/s1. The van der Waals surface area contributed by atoms with E-state index in [4.69, 9.17) is 18.3 Å². The van der Waals surface area contributed by atoms with Crippen LogP contribution in [0.1, 0.15) is 54.9 Å². The van der Waals surface area contributed by atoms with Gasteiger partial charge in [-0.25, -0.2) is 0 Å². The van der Waals surface area contributed by atoms with E-state index in [1.165, 1.54) is 0 Å². The average Bonchev–Trinajstić information content (AvgIpc) is 2.68. The van der Waals surface area contributed by atoms with Gasteiger partial charge >= 0.3 is 14.5 Å². The van der Waals surface area contributed by atoms with E-state index in [2.05, 4.69) is 41.5 Å². The van der Waals surface area contributed by atoms with Gasteiger partial charge < -0.3 is 18.3 Å². The Bertz CT molecular complexity index is 478. The lowest BCUT2D eigenvalue weighted by Crippen LogP contribution is -2.67. The molecule has 0 unspecified atom stereocenters. The van der Waals surface area contributed by atoms with Gasteiger partial charge in [0.1, 0.15) is 18.3 Å². The zero-order valence-corrected chi connectivity index (χ0v) is 16.3. The molecule has 3 rings (SSSR count). The monoisotopic (exact) mass is 342 g/mol. The number of ether oxygens (including phenoxy) is 2. The first-order valence-corrected chi connectivity index (χ1v) is 10.5. The van der Waals surface area contributed by atoms with Crippen LogP contribution in [-0.2, 0) is 23.1 Å². The Labute approximate surface area is 140 Å². The van der Waals surface area contributed by atoms with Crippen LogP contribution in [0.4, 0.5) is 0 Å². The normalized spacial score (nSPS) is 40.3. The highest BCUT2D eigenvalue weighted by molar-refractivity contribution is 6.73. The highest BCUT2D eigenvalue weighted by Gasteiger charge is 2.64. The van der Waals surface area contributed by atoms with Gasteiger partial charge in [0.15, 0.2) is 0 Å². The topological polar surface area (TPSA) is 54.0 Å². The Hall–Kier alpha value is -0.433. The third-order valence-corrected chi connectivity index (χ3v) is 10.6. The predicted octanol–water partition coefficient (Wildman–Crippen LogP) is 3.16. The van der Waals surface area contributed by atoms with Crippen molar-refractivity contribution in [2.45, 2.75) is 89.4 Å². The Balaban J connectivity index is 1.85. The minimum absolute atomic E-state index is 0.0479. The van der Waals surface area contributed by atoms with E-state index in [0.717, 1.165) is 6.42 Å². The number of hydrogen-bond acceptors (Lipinski definition) is 5.